The molecule has 1 aromatic carbocycles. The Balaban J connectivity index is 2.06. The van der Waals surface area contributed by atoms with Gasteiger partial charge in [0, 0.05) is 19.4 Å². The fourth-order valence-corrected chi connectivity index (χ4v) is 2.14. The average Bonchev–Trinajstić information content (AvgIpc) is 2.63. The number of Topliss-reactive ketones (excluding diaryl/α,β-unsaturated/α-hetero) is 1. The van der Waals surface area contributed by atoms with Gasteiger partial charge in [-0.25, -0.2) is 0 Å². The number of hydrogen-bond acceptors (Lipinski definition) is 3. The van der Waals surface area contributed by atoms with Crippen molar-refractivity contribution >= 4 is 5.78 Å². The van der Waals surface area contributed by atoms with Crippen LogP contribution < -0.4 is 4.74 Å². The summed E-state index contributed by atoms with van der Waals surface area (Å²) in [6.45, 7) is 2.67. The predicted octanol–water partition coefficient (Wildman–Crippen LogP) is 1.90. The van der Waals surface area contributed by atoms with Crippen LogP contribution in [0.5, 0.6) is 5.75 Å². The Bertz CT molecular complexity index is 401. The third-order valence-electron chi connectivity index (χ3n) is 3.21. The number of nitrogens with zero attached hydrogens (tertiary/aromatic N) is 1. The minimum Gasteiger partial charge on any atom is -0.479 e. The monoisotopic (exact) mass is 233 g/mol. The molecule has 1 aromatic rings. The Morgan fingerprint density at radius 1 is 1.41 bits per heavy atom. The lowest BCUT2D eigenvalue weighted by Gasteiger charge is -2.23. The van der Waals surface area contributed by atoms with Crippen molar-refractivity contribution in [2.45, 2.75) is 25.4 Å². The van der Waals surface area contributed by atoms with Gasteiger partial charge >= 0.3 is 0 Å². The zero-order chi connectivity index (χ0) is 12.5. The summed E-state index contributed by atoms with van der Waals surface area (Å²) in [4.78, 5) is 14.2. The van der Waals surface area contributed by atoms with Crippen LogP contribution in [-0.2, 0) is 11.2 Å². The lowest BCUT2D eigenvalue weighted by atomic mass is 9.93. The Morgan fingerprint density at radius 2 is 2.12 bits per heavy atom. The van der Waals surface area contributed by atoms with Crippen LogP contribution in [0.2, 0.25) is 0 Å². The summed E-state index contributed by atoms with van der Waals surface area (Å²) < 4.78 is 5.82. The largest absolute Gasteiger partial charge is 0.479 e. The topological polar surface area (TPSA) is 29.5 Å². The molecule has 0 amide bonds. The van der Waals surface area contributed by atoms with Crippen LogP contribution in [0.1, 0.15) is 18.9 Å². The molecule has 0 saturated heterocycles. The normalized spacial score (nSPS) is 22.4. The van der Waals surface area contributed by atoms with Gasteiger partial charge in [0.2, 0.25) is 0 Å². The van der Waals surface area contributed by atoms with E-state index in [1.165, 1.54) is 0 Å². The first-order valence-corrected chi connectivity index (χ1v) is 5.96. The first-order valence-electron chi connectivity index (χ1n) is 5.96. The molecule has 92 valence electrons. The summed E-state index contributed by atoms with van der Waals surface area (Å²) in [7, 11) is 3.94. The number of ketones is 1. The van der Waals surface area contributed by atoms with E-state index in [1.807, 2.05) is 50.2 Å². The lowest BCUT2D eigenvalue weighted by Crippen LogP contribution is -2.41. The summed E-state index contributed by atoms with van der Waals surface area (Å²) >= 11 is 0. The van der Waals surface area contributed by atoms with Gasteiger partial charge < -0.3 is 9.64 Å². The fraction of sp³-hybridized carbons (Fsp3) is 0.500. The van der Waals surface area contributed by atoms with Gasteiger partial charge in [-0.1, -0.05) is 18.2 Å². The van der Waals surface area contributed by atoms with Gasteiger partial charge in [-0.05, 0) is 32.6 Å². The molecule has 17 heavy (non-hydrogen) atoms. The Kier molecular flexibility index (Phi) is 3.20. The maximum absolute atomic E-state index is 12.2. The van der Waals surface area contributed by atoms with Crippen LogP contribution in [0.3, 0.4) is 0 Å². The molecule has 2 rings (SSSR count). The molecule has 0 saturated carbocycles. The first kappa shape index (κ1) is 12.1. The second kappa shape index (κ2) is 4.49. The van der Waals surface area contributed by atoms with E-state index in [4.69, 9.17) is 4.74 Å². The number of ether oxygens (including phenoxy) is 1. The van der Waals surface area contributed by atoms with Crippen molar-refractivity contribution in [1.82, 2.24) is 4.90 Å². The number of para-hydroxylation sites is 1. The summed E-state index contributed by atoms with van der Waals surface area (Å²) in [5, 5.41) is 0. The van der Waals surface area contributed by atoms with Crippen molar-refractivity contribution in [2.75, 3.05) is 20.6 Å². The SMILES string of the molecule is CN(C)CCC(=O)C1(C)Cc2ccccc2O1. The van der Waals surface area contributed by atoms with E-state index in [9.17, 15) is 4.79 Å². The molecule has 1 atom stereocenters. The summed E-state index contributed by atoms with van der Waals surface area (Å²) in [6, 6.07) is 7.88. The van der Waals surface area contributed by atoms with Crippen molar-refractivity contribution in [2.24, 2.45) is 0 Å². The highest BCUT2D eigenvalue weighted by Crippen LogP contribution is 2.35. The van der Waals surface area contributed by atoms with Crippen LogP contribution in [0.15, 0.2) is 24.3 Å². The second-order valence-electron chi connectivity index (χ2n) is 5.09. The summed E-state index contributed by atoms with van der Waals surface area (Å²) in [5.74, 6) is 1.04. The molecule has 1 heterocycles. The van der Waals surface area contributed by atoms with Gasteiger partial charge in [-0.3, -0.25) is 4.79 Å². The molecule has 0 aromatic heterocycles. The molecule has 1 aliphatic rings. The Hall–Kier alpha value is -1.35. The first-order chi connectivity index (χ1) is 8.01. The number of rotatable bonds is 4. The van der Waals surface area contributed by atoms with Crippen LogP contribution >= 0.6 is 0 Å². The quantitative estimate of drug-likeness (QED) is 0.795. The number of benzene rings is 1. The molecule has 0 aliphatic carbocycles. The van der Waals surface area contributed by atoms with Crippen molar-refractivity contribution in [1.29, 1.82) is 0 Å². The van der Waals surface area contributed by atoms with Crippen LogP contribution in [0.4, 0.5) is 0 Å². The number of hydrogen-bond donors (Lipinski definition) is 0. The van der Waals surface area contributed by atoms with E-state index >= 15 is 0 Å². The fourth-order valence-electron chi connectivity index (χ4n) is 2.14. The minimum atomic E-state index is -0.667. The zero-order valence-corrected chi connectivity index (χ0v) is 10.7. The van der Waals surface area contributed by atoms with Crippen LogP contribution in [0.25, 0.3) is 0 Å². The molecule has 0 N–H and O–H groups in total. The maximum atomic E-state index is 12.2. The van der Waals surface area contributed by atoms with E-state index in [0.29, 0.717) is 12.8 Å². The Morgan fingerprint density at radius 3 is 2.76 bits per heavy atom. The van der Waals surface area contributed by atoms with Crippen molar-refractivity contribution in [3.05, 3.63) is 29.8 Å². The summed E-state index contributed by atoms with van der Waals surface area (Å²) in [6.07, 6.45) is 1.23. The molecule has 0 bridgehead atoms. The Labute approximate surface area is 102 Å². The minimum absolute atomic E-state index is 0.183. The highest BCUT2D eigenvalue weighted by Gasteiger charge is 2.40. The molecular formula is C14H19NO2. The van der Waals surface area contributed by atoms with E-state index in [2.05, 4.69) is 0 Å². The molecular weight excluding hydrogens is 214 g/mol. The number of carbonyl (C=O) groups is 1. The predicted molar refractivity (Wildman–Crippen MR) is 67.4 cm³/mol. The molecule has 3 heteroatoms. The molecule has 0 spiro atoms. The van der Waals surface area contributed by atoms with Gasteiger partial charge in [0.05, 0.1) is 0 Å². The third-order valence-corrected chi connectivity index (χ3v) is 3.21. The standard InChI is InChI=1S/C14H19NO2/c1-14(13(16)8-9-15(2)3)10-11-6-4-5-7-12(11)17-14/h4-7H,8-10H2,1-3H3. The van der Waals surface area contributed by atoms with Gasteiger partial charge in [0.25, 0.3) is 0 Å². The number of fused-ring (bicyclic) bond motifs is 1. The van der Waals surface area contributed by atoms with E-state index in [0.717, 1.165) is 17.9 Å². The molecule has 0 fully saturated rings. The third kappa shape index (κ3) is 2.50. The van der Waals surface area contributed by atoms with E-state index in [-0.39, 0.29) is 5.78 Å². The highest BCUT2D eigenvalue weighted by molar-refractivity contribution is 5.88. The highest BCUT2D eigenvalue weighted by atomic mass is 16.5. The van der Waals surface area contributed by atoms with Gasteiger partial charge in [-0.2, -0.15) is 0 Å². The van der Waals surface area contributed by atoms with Gasteiger partial charge in [0.1, 0.15) is 5.75 Å². The molecule has 1 aliphatic heterocycles. The smallest absolute Gasteiger partial charge is 0.177 e. The average molecular weight is 233 g/mol. The lowest BCUT2D eigenvalue weighted by molar-refractivity contribution is -0.132. The molecule has 3 nitrogen and oxygen atoms in total. The van der Waals surface area contributed by atoms with Crippen LogP contribution in [-0.4, -0.2) is 36.9 Å². The van der Waals surface area contributed by atoms with E-state index < -0.39 is 5.60 Å². The zero-order valence-electron chi connectivity index (χ0n) is 10.7. The van der Waals surface area contributed by atoms with Crippen LogP contribution in [0, 0.1) is 0 Å². The maximum Gasteiger partial charge on any atom is 0.177 e. The van der Waals surface area contributed by atoms with Crippen molar-refractivity contribution in [3.63, 3.8) is 0 Å². The van der Waals surface area contributed by atoms with Crippen molar-refractivity contribution in [3.8, 4) is 5.75 Å². The molecule has 1 unspecified atom stereocenters. The van der Waals surface area contributed by atoms with E-state index in [1.54, 1.807) is 0 Å². The molecule has 0 radical (unpaired) electrons. The van der Waals surface area contributed by atoms with Crippen molar-refractivity contribution < 1.29 is 9.53 Å². The van der Waals surface area contributed by atoms with Gasteiger partial charge in [-0.15, -0.1) is 0 Å². The van der Waals surface area contributed by atoms with Gasteiger partial charge in [0.15, 0.2) is 11.4 Å². The second-order valence-corrected chi connectivity index (χ2v) is 5.09. The summed E-state index contributed by atoms with van der Waals surface area (Å²) in [5.41, 5.74) is 0.466. The number of carbonyl (C=O) groups excluding carboxylic acids is 1.